The first-order valence-corrected chi connectivity index (χ1v) is 3.83. The van der Waals surface area contributed by atoms with Crippen LogP contribution < -0.4 is 5.73 Å². The molecule has 4 nitrogen and oxygen atoms in total. The van der Waals surface area contributed by atoms with Crippen LogP contribution in [-0.4, -0.2) is 36.5 Å². The van der Waals surface area contributed by atoms with Crippen molar-refractivity contribution in [3.05, 3.63) is 0 Å². The predicted octanol–water partition coefficient (Wildman–Crippen LogP) is 0.757. The molecule has 0 aliphatic rings. The number of nitrogens with two attached hydrogens (primary N) is 1. The Balaban J connectivity index is 4.50. The van der Waals surface area contributed by atoms with Crippen molar-refractivity contribution in [1.29, 1.82) is 0 Å². The van der Waals surface area contributed by atoms with E-state index in [1.54, 1.807) is 0 Å². The van der Waals surface area contributed by atoms with Crippen molar-refractivity contribution in [2.45, 2.75) is 24.6 Å². The fourth-order valence-corrected chi connectivity index (χ4v) is 0.865. The molecule has 0 aromatic carbocycles. The Labute approximate surface area is 78.8 Å². The van der Waals surface area contributed by atoms with Crippen molar-refractivity contribution < 1.29 is 27.8 Å². The number of carbonyl (C=O) groups is 1. The number of hydrogen-bond acceptors (Lipinski definition) is 3. The first-order chi connectivity index (χ1) is 6.25. The molecule has 14 heavy (non-hydrogen) atoms. The van der Waals surface area contributed by atoms with Crippen LogP contribution in [0.25, 0.3) is 0 Å². The third-order valence-corrected chi connectivity index (χ3v) is 1.81. The van der Waals surface area contributed by atoms with E-state index in [-0.39, 0.29) is 13.0 Å². The molecule has 0 bridgehead atoms. The van der Waals surface area contributed by atoms with E-state index in [1.165, 1.54) is 7.11 Å². The number of aliphatic carboxylic acids is 1. The molecule has 84 valence electrons. The molecule has 0 rings (SSSR count). The highest BCUT2D eigenvalue weighted by Gasteiger charge is 2.57. The summed E-state index contributed by atoms with van der Waals surface area (Å²) >= 11 is 0. The molecule has 0 aromatic rings. The van der Waals surface area contributed by atoms with Gasteiger partial charge in [0.15, 0.2) is 0 Å². The van der Waals surface area contributed by atoms with Gasteiger partial charge in [0, 0.05) is 13.7 Å². The number of ether oxygens (including phenoxy) is 1. The molecule has 0 spiro atoms. The van der Waals surface area contributed by atoms with E-state index >= 15 is 0 Å². The first kappa shape index (κ1) is 13.2. The molecule has 0 fully saturated rings. The lowest BCUT2D eigenvalue weighted by Crippen LogP contribution is -2.59. The van der Waals surface area contributed by atoms with E-state index in [2.05, 4.69) is 4.74 Å². The highest BCUT2D eigenvalue weighted by Crippen LogP contribution is 2.32. The summed E-state index contributed by atoms with van der Waals surface area (Å²) < 4.78 is 41.2. The van der Waals surface area contributed by atoms with Gasteiger partial charge in [-0.05, 0) is 12.8 Å². The van der Waals surface area contributed by atoms with Gasteiger partial charge >= 0.3 is 12.1 Å². The van der Waals surface area contributed by atoms with E-state index in [9.17, 15) is 18.0 Å². The van der Waals surface area contributed by atoms with Crippen LogP contribution >= 0.6 is 0 Å². The van der Waals surface area contributed by atoms with Crippen LogP contribution in [0.15, 0.2) is 0 Å². The van der Waals surface area contributed by atoms with Crippen molar-refractivity contribution in [3.63, 3.8) is 0 Å². The summed E-state index contributed by atoms with van der Waals surface area (Å²) in [6.07, 6.45) is -5.70. The number of methoxy groups -OCH3 is 1. The van der Waals surface area contributed by atoms with E-state index in [0.717, 1.165) is 0 Å². The zero-order chi connectivity index (χ0) is 11.4. The van der Waals surface area contributed by atoms with E-state index in [0.29, 0.717) is 0 Å². The molecule has 0 saturated carbocycles. The lowest BCUT2D eigenvalue weighted by Gasteiger charge is -2.27. The van der Waals surface area contributed by atoms with Gasteiger partial charge in [-0.2, -0.15) is 13.2 Å². The summed E-state index contributed by atoms with van der Waals surface area (Å²) in [6.45, 7) is 0.0440. The average molecular weight is 215 g/mol. The van der Waals surface area contributed by atoms with Gasteiger partial charge in [0.1, 0.15) is 0 Å². The Morgan fingerprint density at radius 3 is 2.29 bits per heavy atom. The summed E-state index contributed by atoms with van der Waals surface area (Å²) in [7, 11) is 1.31. The van der Waals surface area contributed by atoms with Crippen LogP contribution in [0.5, 0.6) is 0 Å². The molecule has 0 amide bonds. The van der Waals surface area contributed by atoms with Gasteiger partial charge in [0.25, 0.3) is 0 Å². The zero-order valence-corrected chi connectivity index (χ0v) is 7.60. The lowest BCUT2D eigenvalue weighted by molar-refractivity contribution is -0.203. The number of rotatable bonds is 5. The monoisotopic (exact) mass is 215 g/mol. The maximum atomic E-state index is 12.2. The highest BCUT2D eigenvalue weighted by atomic mass is 19.4. The zero-order valence-electron chi connectivity index (χ0n) is 7.60. The predicted molar refractivity (Wildman–Crippen MR) is 41.7 cm³/mol. The average Bonchev–Trinajstić information content (AvgIpc) is 2.02. The number of carboxylic acid groups (broad SMARTS) is 1. The molecule has 0 aliphatic carbocycles. The van der Waals surface area contributed by atoms with Gasteiger partial charge in [0.2, 0.25) is 5.54 Å². The van der Waals surface area contributed by atoms with Gasteiger partial charge < -0.3 is 15.6 Å². The fraction of sp³-hybridized carbons (Fsp3) is 0.857. The van der Waals surface area contributed by atoms with Crippen LogP contribution in [0.3, 0.4) is 0 Å². The number of alkyl halides is 3. The molecule has 3 N–H and O–H groups in total. The summed E-state index contributed by atoms with van der Waals surface area (Å²) in [5.74, 6) is -2.07. The van der Waals surface area contributed by atoms with Gasteiger partial charge in [-0.3, -0.25) is 0 Å². The normalized spacial score (nSPS) is 16.4. The first-order valence-electron chi connectivity index (χ1n) is 3.83. The molecule has 7 heteroatoms. The van der Waals surface area contributed by atoms with Gasteiger partial charge in [-0.1, -0.05) is 0 Å². The molecular formula is C7H12F3NO3. The van der Waals surface area contributed by atoms with Crippen molar-refractivity contribution >= 4 is 5.97 Å². The summed E-state index contributed by atoms with van der Waals surface area (Å²) in [5, 5.41) is 8.38. The molecule has 0 radical (unpaired) electrons. The third kappa shape index (κ3) is 2.85. The standard InChI is InChI=1S/C7H12F3NO3/c1-14-4-2-3-6(11,5(12)13)7(8,9)10/h2-4,11H2,1H3,(H,12,13)/t6-/m0/s1. The largest absolute Gasteiger partial charge is 0.480 e. The van der Waals surface area contributed by atoms with E-state index in [1.807, 2.05) is 0 Å². The summed E-state index contributed by atoms with van der Waals surface area (Å²) in [4.78, 5) is 10.4. The number of hydrogen-bond donors (Lipinski definition) is 2. The van der Waals surface area contributed by atoms with Crippen molar-refractivity contribution in [2.24, 2.45) is 5.73 Å². The Bertz CT molecular complexity index is 207. The lowest BCUT2D eigenvalue weighted by atomic mass is 9.94. The van der Waals surface area contributed by atoms with E-state index in [4.69, 9.17) is 10.8 Å². The fourth-order valence-electron chi connectivity index (χ4n) is 0.865. The Hall–Kier alpha value is -0.820. The molecule has 0 heterocycles. The quantitative estimate of drug-likeness (QED) is 0.664. The van der Waals surface area contributed by atoms with Crippen LogP contribution in [0.4, 0.5) is 13.2 Å². The Kier molecular flexibility index (Phi) is 4.34. The van der Waals surface area contributed by atoms with Crippen molar-refractivity contribution in [1.82, 2.24) is 0 Å². The summed E-state index contributed by atoms with van der Waals surface area (Å²) in [6, 6.07) is 0. The van der Waals surface area contributed by atoms with Crippen molar-refractivity contribution in [2.75, 3.05) is 13.7 Å². The molecular weight excluding hydrogens is 203 g/mol. The van der Waals surface area contributed by atoms with Gasteiger partial charge in [-0.25, -0.2) is 4.79 Å². The van der Waals surface area contributed by atoms with Crippen LogP contribution in [0.1, 0.15) is 12.8 Å². The maximum absolute atomic E-state index is 12.2. The summed E-state index contributed by atoms with van der Waals surface area (Å²) in [5.41, 5.74) is 1.60. The third-order valence-electron chi connectivity index (χ3n) is 1.81. The molecule has 0 aromatic heterocycles. The van der Waals surface area contributed by atoms with E-state index < -0.39 is 24.1 Å². The second-order valence-corrected chi connectivity index (χ2v) is 2.87. The smallest absolute Gasteiger partial charge is 0.417 e. The van der Waals surface area contributed by atoms with Crippen LogP contribution in [0.2, 0.25) is 0 Å². The Morgan fingerprint density at radius 2 is 2.00 bits per heavy atom. The Morgan fingerprint density at radius 1 is 1.50 bits per heavy atom. The SMILES string of the molecule is COCCC[C@](N)(C(=O)O)C(F)(F)F. The van der Waals surface area contributed by atoms with Crippen LogP contribution in [0, 0.1) is 0 Å². The van der Waals surface area contributed by atoms with Crippen LogP contribution in [-0.2, 0) is 9.53 Å². The molecule has 0 aliphatic heterocycles. The highest BCUT2D eigenvalue weighted by molar-refractivity contribution is 5.79. The molecule has 1 atom stereocenters. The minimum atomic E-state index is -4.95. The van der Waals surface area contributed by atoms with Crippen molar-refractivity contribution in [3.8, 4) is 0 Å². The minimum Gasteiger partial charge on any atom is -0.480 e. The molecule has 0 saturated heterocycles. The number of halogens is 3. The minimum absolute atomic E-state index is 0.0440. The van der Waals surface area contributed by atoms with Gasteiger partial charge in [0.05, 0.1) is 0 Å². The van der Waals surface area contributed by atoms with Gasteiger partial charge in [-0.15, -0.1) is 0 Å². The second-order valence-electron chi connectivity index (χ2n) is 2.87. The number of carboxylic acids is 1. The molecule has 0 unspecified atom stereocenters. The maximum Gasteiger partial charge on any atom is 0.417 e. The topological polar surface area (TPSA) is 72.5 Å². The second kappa shape index (κ2) is 4.61.